The van der Waals surface area contributed by atoms with Crippen LogP contribution in [0.5, 0.6) is 0 Å². The summed E-state index contributed by atoms with van der Waals surface area (Å²) in [6, 6.07) is 7.07. The fourth-order valence-corrected chi connectivity index (χ4v) is 1.59. The standard InChI is InChI=1S/C11H11N3O2S/c1-7-13-10(16-14-7)6-12-11(15)8-4-2-3-5-9(8)17/h2-5,17H,6H2,1H3,(H,12,15). The predicted molar refractivity (Wildman–Crippen MR) is 63.9 cm³/mol. The average Bonchev–Trinajstić information content (AvgIpc) is 2.73. The van der Waals surface area contributed by atoms with E-state index in [1.165, 1.54) is 0 Å². The van der Waals surface area contributed by atoms with Gasteiger partial charge in [-0.3, -0.25) is 4.79 Å². The maximum atomic E-state index is 11.8. The van der Waals surface area contributed by atoms with Crippen LogP contribution in [-0.4, -0.2) is 16.0 Å². The minimum Gasteiger partial charge on any atom is -0.343 e. The van der Waals surface area contributed by atoms with Crippen molar-refractivity contribution in [3.05, 3.63) is 41.5 Å². The third-order valence-electron chi connectivity index (χ3n) is 2.12. The molecule has 1 N–H and O–H groups in total. The molecule has 1 aromatic carbocycles. The highest BCUT2D eigenvalue weighted by atomic mass is 32.1. The molecule has 0 aliphatic carbocycles. The third kappa shape index (κ3) is 2.85. The molecule has 2 rings (SSSR count). The van der Waals surface area contributed by atoms with E-state index in [0.717, 1.165) is 0 Å². The molecule has 2 aromatic rings. The summed E-state index contributed by atoms with van der Waals surface area (Å²) in [4.78, 5) is 16.4. The molecule has 0 aliphatic heterocycles. The first-order chi connectivity index (χ1) is 8.16. The van der Waals surface area contributed by atoms with Crippen molar-refractivity contribution >= 4 is 18.5 Å². The highest BCUT2D eigenvalue weighted by Gasteiger charge is 2.10. The van der Waals surface area contributed by atoms with Gasteiger partial charge in [-0.25, -0.2) is 0 Å². The molecule has 88 valence electrons. The molecular formula is C11H11N3O2S. The first-order valence-corrected chi connectivity index (χ1v) is 5.47. The molecule has 1 aromatic heterocycles. The highest BCUT2D eigenvalue weighted by Crippen LogP contribution is 2.12. The fraction of sp³-hybridized carbons (Fsp3) is 0.182. The van der Waals surface area contributed by atoms with Crippen LogP contribution in [0.25, 0.3) is 0 Å². The summed E-state index contributed by atoms with van der Waals surface area (Å²) in [5, 5.41) is 6.32. The Morgan fingerprint density at radius 2 is 2.24 bits per heavy atom. The van der Waals surface area contributed by atoms with Crippen molar-refractivity contribution in [3.8, 4) is 0 Å². The third-order valence-corrected chi connectivity index (χ3v) is 2.51. The van der Waals surface area contributed by atoms with Gasteiger partial charge in [0.25, 0.3) is 5.91 Å². The van der Waals surface area contributed by atoms with Crippen molar-refractivity contribution in [2.75, 3.05) is 0 Å². The number of aryl methyl sites for hydroxylation is 1. The Morgan fingerprint density at radius 1 is 1.47 bits per heavy atom. The maximum Gasteiger partial charge on any atom is 0.252 e. The minimum atomic E-state index is -0.216. The summed E-state index contributed by atoms with van der Waals surface area (Å²) in [5.41, 5.74) is 0.520. The molecule has 0 atom stereocenters. The van der Waals surface area contributed by atoms with E-state index in [4.69, 9.17) is 4.52 Å². The topological polar surface area (TPSA) is 68.0 Å². The van der Waals surface area contributed by atoms with E-state index in [0.29, 0.717) is 22.2 Å². The molecule has 0 unspecified atom stereocenters. The van der Waals surface area contributed by atoms with Gasteiger partial charge in [0.15, 0.2) is 5.82 Å². The van der Waals surface area contributed by atoms with Gasteiger partial charge in [0.2, 0.25) is 5.89 Å². The van der Waals surface area contributed by atoms with Crippen LogP contribution in [0.15, 0.2) is 33.7 Å². The SMILES string of the molecule is Cc1noc(CNC(=O)c2ccccc2S)n1. The number of thiol groups is 1. The van der Waals surface area contributed by atoms with Crippen LogP contribution in [0.1, 0.15) is 22.1 Å². The number of aromatic nitrogens is 2. The summed E-state index contributed by atoms with van der Waals surface area (Å²) < 4.78 is 4.89. The number of carbonyl (C=O) groups is 1. The van der Waals surface area contributed by atoms with Crippen LogP contribution in [0, 0.1) is 6.92 Å². The van der Waals surface area contributed by atoms with Gasteiger partial charge in [-0.1, -0.05) is 17.3 Å². The zero-order valence-corrected chi connectivity index (χ0v) is 10.1. The molecule has 6 heteroatoms. The van der Waals surface area contributed by atoms with E-state index >= 15 is 0 Å². The van der Waals surface area contributed by atoms with Gasteiger partial charge < -0.3 is 9.84 Å². The largest absolute Gasteiger partial charge is 0.343 e. The number of carbonyl (C=O) groups excluding carboxylic acids is 1. The van der Waals surface area contributed by atoms with E-state index in [1.807, 2.05) is 6.07 Å². The van der Waals surface area contributed by atoms with Crippen molar-refractivity contribution in [2.24, 2.45) is 0 Å². The lowest BCUT2D eigenvalue weighted by atomic mass is 10.2. The summed E-state index contributed by atoms with van der Waals surface area (Å²) in [7, 11) is 0. The Bertz CT molecular complexity index is 539. The van der Waals surface area contributed by atoms with Crippen molar-refractivity contribution < 1.29 is 9.32 Å². The molecular weight excluding hydrogens is 238 g/mol. The fourth-order valence-electron chi connectivity index (χ4n) is 1.33. The molecule has 0 radical (unpaired) electrons. The van der Waals surface area contributed by atoms with E-state index in [-0.39, 0.29) is 12.5 Å². The van der Waals surface area contributed by atoms with Gasteiger partial charge >= 0.3 is 0 Å². The van der Waals surface area contributed by atoms with Crippen LogP contribution in [-0.2, 0) is 6.54 Å². The molecule has 0 aliphatic rings. The normalized spacial score (nSPS) is 10.2. The van der Waals surface area contributed by atoms with Crippen LogP contribution in [0.4, 0.5) is 0 Å². The molecule has 0 bridgehead atoms. The molecule has 5 nitrogen and oxygen atoms in total. The van der Waals surface area contributed by atoms with Gasteiger partial charge in [-0.05, 0) is 19.1 Å². The number of rotatable bonds is 3. The number of nitrogens with zero attached hydrogens (tertiary/aromatic N) is 2. The first kappa shape index (κ1) is 11.7. The Balaban J connectivity index is 2.01. The Morgan fingerprint density at radius 3 is 2.88 bits per heavy atom. The van der Waals surface area contributed by atoms with Crippen molar-refractivity contribution in [1.82, 2.24) is 15.5 Å². The second kappa shape index (κ2) is 5.01. The lowest BCUT2D eigenvalue weighted by Crippen LogP contribution is -2.23. The molecule has 0 saturated carbocycles. The van der Waals surface area contributed by atoms with Gasteiger partial charge in [-0.15, -0.1) is 12.6 Å². The van der Waals surface area contributed by atoms with Gasteiger partial charge in [0.1, 0.15) is 0 Å². The Hall–Kier alpha value is -1.82. The molecule has 17 heavy (non-hydrogen) atoms. The zero-order valence-electron chi connectivity index (χ0n) is 9.17. The molecule has 0 saturated heterocycles. The van der Waals surface area contributed by atoms with Gasteiger partial charge in [-0.2, -0.15) is 4.98 Å². The number of hydrogen-bond donors (Lipinski definition) is 2. The zero-order chi connectivity index (χ0) is 12.3. The van der Waals surface area contributed by atoms with E-state index in [9.17, 15) is 4.79 Å². The molecule has 1 amide bonds. The number of nitrogens with one attached hydrogen (secondary N) is 1. The van der Waals surface area contributed by atoms with E-state index in [1.54, 1.807) is 25.1 Å². The van der Waals surface area contributed by atoms with Gasteiger partial charge in [0.05, 0.1) is 12.1 Å². The van der Waals surface area contributed by atoms with Crippen molar-refractivity contribution in [3.63, 3.8) is 0 Å². The average molecular weight is 249 g/mol. The quantitative estimate of drug-likeness (QED) is 0.811. The summed E-state index contributed by atoms with van der Waals surface area (Å²) >= 11 is 4.21. The monoisotopic (exact) mass is 249 g/mol. The maximum absolute atomic E-state index is 11.8. The molecule has 0 spiro atoms. The van der Waals surface area contributed by atoms with Crippen LogP contribution in [0.2, 0.25) is 0 Å². The van der Waals surface area contributed by atoms with Crippen LogP contribution < -0.4 is 5.32 Å². The van der Waals surface area contributed by atoms with Crippen LogP contribution >= 0.6 is 12.6 Å². The summed E-state index contributed by atoms with van der Waals surface area (Å²) in [6.45, 7) is 1.93. The Labute approximate surface area is 104 Å². The summed E-state index contributed by atoms with van der Waals surface area (Å²) in [6.07, 6.45) is 0. The smallest absolute Gasteiger partial charge is 0.252 e. The van der Waals surface area contributed by atoms with Crippen molar-refractivity contribution in [2.45, 2.75) is 18.4 Å². The highest BCUT2D eigenvalue weighted by molar-refractivity contribution is 7.80. The number of hydrogen-bond acceptors (Lipinski definition) is 5. The number of benzene rings is 1. The lowest BCUT2D eigenvalue weighted by Gasteiger charge is -2.04. The molecule has 0 fully saturated rings. The predicted octanol–water partition coefficient (Wildman–Crippen LogP) is 1.60. The van der Waals surface area contributed by atoms with E-state index < -0.39 is 0 Å². The second-order valence-electron chi connectivity index (χ2n) is 3.44. The van der Waals surface area contributed by atoms with Gasteiger partial charge in [0, 0.05) is 4.90 Å². The Kier molecular flexibility index (Phi) is 3.43. The second-order valence-corrected chi connectivity index (χ2v) is 3.92. The molecule has 1 heterocycles. The number of amides is 1. The van der Waals surface area contributed by atoms with E-state index in [2.05, 4.69) is 28.1 Å². The van der Waals surface area contributed by atoms with Crippen molar-refractivity contribution in [1.29, 1.82) is 0 Å². The lowest BCUT2D eigenvalue weighted by molar-refractivity contribution is 0.0943. The first-order valence-electron chi connectivity index (χ1n) is 5.02. The van der Waals surface area contributed by atoms with Crippen LogP contribution in [0.3, 0.4) is 0 Å². The minimum absolute atomic E-state index is 0.210. The summed E-state index contributed by atoms with van der Waals surface area (Å²) in [5.74, 6) is 0.711.